The van der Waals surface area contributed by atoms with Crippen LogP contribution in [0.4, 0.5) is 5.69 Å². The number of rotatable bonds is 6. The Morgan fingerprint density at radius 1 is 0.939 bits per heavy atom. The molecule has 168 valence electrons. The molecule has 0 aromatic heterocycles. The van der Waals surface area contributed by atoms with Crippen LogP contribution in [-0.4, -0.2) is 30.5 Å². The third-order valence-corrected chi connectivity index (χ3v) is 5.67. The second-order valence-corrected chi connectivity index (χ2v) is 7.81. The van der Waals surface area contributed by atoms with Crippen LogP contribution >= 0.6 is 11.6 Å². The number of ether oxygens (including phenoxy) is 2. The third-order valence-electron chi connectivity index (χ3n) is 5.42. The first-order valence-corrected chi connectivity index (χ1v) is 10.8. The number of halogens is 1. The van der Waals surface area contributed by atoms with Gasteiger partial charge in [0.05, 0.1) is 25.3 Å². The number of carbonyl (C=O) groups is 2. The number of carbonyl (C=O) groups excluding carboxylic acids is 2. The van der Waals surface area contributed by atoms with Crippen LogP contribution in [0.15, 0.2) is 78.4 Å². The fourth-order valence-electron chi connectivity index (χ4n) is 3.83. The standard InChI is InChI=1S/C26H22ClNO5/c1-3-33-21-14-4-16(5-15-21)23-22(24(29)17-6-12-20(32-2)13-7-17)25(30)26(31)28(23)19-10-8-18(27)9-11-19/h4-15,23,29H,3H2,1-2H3/b24-22+. The number of hydrogen-bond acceptors (Lipinski definition) is 5. The first-order valence-electron chi connectivity index (χ1n) is 10.4. The minimum Gasteiger partial charge on any atom is -0.507 e. The van der Waals surface area contributed by atoms with Gasteiger partial charge in [-0.1, -0.05) is 23.7 Å². The van der Waals surface area contributed by atoms with Crippen molar-refractivity contribution in [1.82, 2.24) is 0 Å². The quantitative estimate of drug-likeness (QED) is 0.302. The van der Waals surface area contributed by atoms with Gasteiger partial charge in [-0.3, -0.25) is 14.5 Å². The predicted molar refractivity (Wildman–Crippen MR) is 127 cm³/mol. The maximum absolute atomic E-state index is 13.2. The van der Waals surface area contributed by atoms with Crippen molar-refractivity contribution < 1.29 is 24.2 Å². The van der Waals surface area contributed by atoms with E-state index in [0.29, 0.717) is 39.9 Å². The molecule has 4 rings (SSSR count). The summed E-state index contributed by atoms with van der Waals surface area (Å²) < 4.78 is 10.7. The van der Waals surface area contributed by atoms with Gasteiger partial charge in [-0.05, 0) is 73.2 Å². The summed E-state index contributed by atoms with van der Waals surface area (Å²) in [5.41, 5.74) is 1.56. The number of anilines is 1. The summed E-state index contributed by atoms with van der Waals surface area (Å²) in [7, 11) is 1.54. The first kappa shape index (κ1) is 22.4. The number of aliphatic hydroxyl groups excluding tert-OH is 1. The van der Waals surface area contributed by atoms with Crippen LogP contribution in [0, 0.1) is 0 Å². The van der Waals surface area contributed by atoms with Crippen molar-refractivity contribution in [2.24, 2.45) is 0 Å². The van der Waals surface area contributed by atoms with Gasteiger partial charge in [0.2, 0.25) is 0 Å². The monoisotopic (exact) mass is 463 g/mol. The molecular formula is C26H22ClNO5. The van der Waals surface area contributed by atoms with Gasteiger partial charge >= 0.3 is 0 Å². The minimum atomic E-state index is -0.830. The number of aliphatic hydroxyl groups is 1. The fraction of sp³-hybridized carbons (Fsp3) is 0.154. The molecule has 0 saturated carbocycles. The lowest BCUT2D eigenvalue weighted by Crippen LogP contribution is -2.29. The Morgan fingerprint density at radius 3 is 2.12 bits per heavy atom. The van der Waals surface area contributed by atoms with Crippen LogP contribution in [0.5, 0.6) is 11.5 Å². The van der Waals surface area contributed by atoms with Crippen molar-refractivity contribution in [3.05, 3.63) is 94.5 Å². The Bertz CT molecular complexity index is 1200. The maximum atomic E-state index is 13.2. The number of nitrogens with zero attached hydrogens (tertiary/aromatic N) is 1. The normalized spacial score (nSPS) is 17.3. The Labute approximate surface area is 196 Å². The van der Waals surface area contributed by atoms with Gasteiger partial charge in [-0.25, -0.2) is 0 Å². The van der Waals surface area contributed by atoms with E-state index >= 15 is 0 Å². The van der Waals surface area contributed by atoms with Crippen LogP contribution in [0.1, 0.15) is 24.1 Å². The topological polar surface area (TPSA) is 76.1 Å². The summed E-state index contributed by atoms with van der Waals surface area (Å²) in [6, 6.07) is 19.5. The summed E-state index contributed by atoms with van der Waals surface area (Å²) in [5, 5.41) is 11.7. The van der Waals surface area contributed by atoms with Crippen molar-refractivity contribution in [3.63, 3.8) is 0 Å². The molecule has 1 atom stereocenters. The molecule has 3 aromatic carbocycles. The molecule has 1 aliphatic rings. The SMILES string of the molecule is CCOc1ccc(C2/C(=C(\O)c3ccc(OC)cc3)C(=O)C(=O)N2c2ccc(Cl)cc2)cc1. The lowest BCUT2D eigenvalue weighted by atomic mass is 9.95. The van der Waals surface area contributed by atoms with Gasteiger partial charge in [-0.15, -0.1) is 0 Å². The summed E-state index contributed by atoms with van der Waals surface area (Å²) in [6.45, 7) is 2.40. The van der Waals surface area contributed by atoms with Crippen molar-refractivity contribution >= 4 is 34.7 Å². The molecule has 1 N–H and O–H groups in total. The molecule has 0 spiro atoms. The van der Waals surface area contributed by atoms with Crippen molar-refractivity contribution in [3.8, 4) is 11.5 Å². The molecule has 1 fully saturated rings. The van der Waals surface area contributed by atoms with Gasteiger partial charge in [0.25, 0.3) is 11.7 Å². The van der Waals surface area contributed by atoms with Crippen LogP contribution in [0.3, 0.4) is 0 Å². The molecular weight excluding hydrogens is 442 g/mol. The average molecular weight is 464 g/mol. The number of hydrogen-bond donors (Lipinski definition) is 1. The van der Waals surface area contributed by atoms with Gasteiger partial charge in [0.15, 0.2) is 0 Å². The largest absolute Gasteiger partial charge is 0.507 e. The number of amides is 1. The molecule has 0 radical (unpaired) electrons. The molecule has 7 heteroatoms. The second-order valence-electron chi connectivity index (χ2n) is 7.38. The van der Waals surface area contributed by atoms with Crippen molar-refractivity contribution in [1.29, 1.82) is 0 Å². The minimum absolute atomic E-state index is 0.00396. The van der Waals surface area contributed by atoms with E-state index in [1.807, 2.05) is 6.92 Å². The summed E-state index contributed by atoms with van der Waals surface area (Å²) in [6.07, 6.45) is 0. The van der Waals surface area contributed by atoms with Gasteiger partial charge in [0.1, 0.15) is 17.3 Å². The number of Topliss-reactive ketones (excluding diaryl/α,β-unsaturated/α-hetero) is 1. The van der Waals surface area contributed by atoms with E-state index in [9.17, 15) is 14.7 Å². The van der Waals surface area contributed by atoms with Gasteiger partial charge in [0, 0.05) is 16.3 Å². The molecule has 0 bridgehead atoms. The fourth-order valence-corrected chi connectivity index (χ4v) is 3.96. The van der Waals surface area contributed by atoms with Crippen molar-refractivity contribution in [2.75, 3.05) is 18.6 Å². The lowest BCUT2D eigenvalue weighted by Gasteiger charge is -2.25. The summed E-state index contributed by atoms with van der Waals surface area (Å²) in [5.74, 6) is -0.481. The average Bonchev–Trinajstić information content (AvgIpc) is 3.10. The Balaban J connectivity index is 1.88. The van der Waals surface area contributed by atoms with Crippen molar-refractivity contribution in [2.45, 2.75) is 13.0 Å². The van der Waals surface area contributed by atoms with Crippen LogP contribution in [0.25, 0.3) is 5.76 Å². The molecule has 1 saturated heterocycles. The zero-order chi connectivity index (χ0) is 23.5. The highest BCUT2D eigenvalue weighted by molar-refractivity contribution is 6.51. The second kappa shape index (κ2) is 9.38. The summed E-state index contributed by atoms with van der Waals surface area (Å²) >= 11 is 6.02. The van der Waals surface area contributed by atoms with E-state index in [4.69, 9.17) is 21.1 Å². The van der Waals surface area contributed by atoms with E-state index < -0.39 is 17.7 Å². The van der Waals surface area contributed by atoms with Crippen LogP contribution in [-0.2, 0) is 9.59 Å². The molecule has 1 aliphatic heterocycles. The van der Waals surface area contributed by atoms with Crippen LogP contribution < -0.4 is 14.4 Å². The predicted octanol–water partition coefficient (Wildman–Crippen LogP) is 5.37. The Kier molecular flexibility index (Phi) is 6.38. The first-order chi connectivity index (χ1) is 15.9. The third kappa shape index (κ3) is 4.30. The molecule has 0 aliphatic carbocycles. The van der Waals surface area contributed by atoms with E-state index in [1.54, 1.807) is 79.9 Å². The molecule has 3 aromatic rings. The van der Waals surface area contributed by atoms with E-state index in [1.165, 1.54) is 4.90 Å². The molecule has 1 amide bonds. The number of benzene rings is 3. The molecule has 6 nitrogen and oxygen atoms in total. The zero-order valence-electron chi connectivity index (χ0n) is 18.1. The molecule has 33 heavy (non-hydrogen) atoms. The molecule has 1 heterocycles. The van der Waals surface area contributed by atoms with Crippen LogP contribution in [0.2, 0.25) is 5.02 Å². The maximum Gasteiger partial charge on any atom is 0.300 e. The Hall–Kier alpha value is -3.77. The number of ketones is 1. The highest BCUT2D eigenvalue weighted by Gasteiger charge is 2.46. The highest BCUT2D eigenvalue weighted by Crippen LogP contribution is 2.42. The van der Waals surface area contributed by atoms with E-state index in [-0.39, 0.29) is 11.3 Å². The number of methoxy groups -OCH3 is 1. The lowest BCUT2D eigenvalue weighted by molar-refractivity contribution is -0.132. The van der Waals surface area contributed by atoms with E-state index in [2.05, 4.69) is 0 Å². The van der Waals surface area contributed by atoms with Gasteiger partial charge in [-0.2, -0.15) is 0 Å². The highest BCUT2D eigenvalue weighted by atomic mass is 35.5. The zero-order valence-corrected chi connectivity index (χ0v) is 18.9. The van der Waals surface area contributed by atoms with E-state index in [0.717, 1.165) is 0 Å². The Morgan fingerprint density at radius 2 is 1.55 bits per heavy atom. The molecule has 1 unspecified atom stereocenters. The van der Waals surface area contributed by atoms with Gasteiger partial charge < -0.3 is 14.6 Å². The smallest absolute Gasteiger partial charge is 0.300 e. The summed E-state index contributed by atoms with van der Waals surface area (Å²) in [4.78, 5) is 27.7.